The van der Waals surface area contributed by atoms with Gasteiger partial charge in [0.25, 0.3) is 5.56 Å². The van der Waals surface area contributed by atoms with Gasteiger partial charge in [-0.25, -0.2) is 18.5 Å². The lowest BCUT2D eigenvalue weighted by Gasteiger charge is -2.00. The molecule has 25 heavy (non-hydrogen) atoms. The maximum Gasteiger partial charge on any atom is 0.258 e. The molecule has 8 heteroatoms. The molecular formula is C17H17N3O4S. The van der Waals surface area contributed by atoms with E-state index in [-0.39, 0.29) is 16.2 Å². The molecule has 130 valence electrons. The number of nitrogens with zero attached hydrogens (tertiary/aromatic N) is 1. The summed E-state index contributed by atoms with van der Waals surface area (Å²) in [6.45, 7) is 1.48. The molecule has 0 radical (unpaired) electrons. The number of fused-ring (bicyclic) bond motifs is 1. The number of H-pyrrole nitrogens is 1. The van der Waals surface area contributed by atoms with E-state index in [1.54, 1.807) is 18.2 Å². The molecule has 3 rings (SSSR count). The molecular weight excluding hydrogens is 342 g/mol. The smallest absolute Gasteiger partial charge is 0.258 e. The average Bonchev–Trinajstić information content (AvgIpc) is 2.55. The van der Waals surface area contributed by atoms with Crippen molar-refractivity contribution in [2.45, 2.75) is 18.2 Å². The van der Waals surface area contributed by atoms with Crippen molar-refractivity contribution < 1.29 is 13.2 Å². The van der Waals surface area contributed by atoms with E-state index in [2.05, 4.69) is 9.97 Å². The van der Waals surface area contributed by atoms with Crippen LogP contribution in [0.1, 0.15) is 12.5 Å². The topological polar surface area (TPSA) is 123 Å². The molecule has 0 atom stereocenters. The standard InChI is InChI=1S/C9H11NO3S.C8H6N2O/c1-7(11)6-8-2-4-9(5-3-8)14(10,12)13;11-8-6-3-1-2-4-7(6)9-5-10-8/h2-5H,6H2,1H3,(H2,10,12,13);1-5H,(H,9,10,11). The molecule has 0 aliphatic rings. The highest BCUT2D eigenvalue weighted by Gasteiger charge is 2.06. The van der Waals surface area contributed by atoms with Crippen molar-refractivity contribution in [3.05, 3.63) is 70.8 Å². The van der Waals surface area contributed by atoms with Crippen molar-refractivity contribution in [3.8, 4) is 0 Å². The van der Waals surface area contributed by atoms with Crippen LogP contribution in [-0.4, -0.2) is 24.2 Å². The fourth-order valence-corrected chi connectivity index (χ4v) is 2.62. The molecule has 7 nitrogen and oxygen atoms in total. The van der Waals surface area contributed by atoms with Crippen LogP contribution in [0.15, 0.2) is 64.5 Å². The number of aromatic nitrogens is 2. The molecule has 1 heterocycles. The van der Waals surface area contributed by atoms with E-state index in [1.165, 1.54) is 25.4 Å². The monoisotopic (exact) mass is 359 g/mol. The van der Waals surface area contributed by atoms with Crippen LogP contribution in [0.3, 0.4) is 0 Å². The van der Waals surface area contributed by atoms with E-state index in [9.17, 15) is 18.0 Å². The maximum absolute atomic E-state index is 11.1. The van der Waals surface area contributed by atoms with Gasteiger partial charge in [0.2, 0.25) is 10.0 Å². The number of para-hydroxylation sites is 1. The highest BCUT2D eigenvalue weighted by Crippen LogP contribution is 2.09. The van der Waals surface area contributed by atoms with Gasteiger partial charge in [-0.05, 0) is 36.8 Å². The zero-order valence-electron chi connectivity index (χ0n) is 13.5. The molecule has 2 aromatic carbocycles. The third-order valence-electron chi connectivity index (χ3n) is 3.25. The predicted molar refractivity (Wildman–Crippen MR) is 94.6 cm³/mol. The first-order valence-electron chi connectivity index (χ1n) is 7.31. The molecule has 0 bridgehead atoms. The lowest BCUT2D eigenvalue weighted by atomic mass is 10.1. The molecule has 0 saturated carbocycles. The Bertz CT molecular complexity index is 1040. The summed E-state index contributed by atoms with van der Waals surface area (Å²) in [6.07, 6.45) is 1.72. The van der Waals surface area contributed by atoms with Gasteiger partial charge in [0.1, 0.15) is 5.78 Å². The summed E-state index contributed by atoms with van der Waals surface area (Å²) in [6, 6.07) is 13.2. The van der Waals surface area contributed by atoms with Gasteiger partial charge in [0, 0.05) is 6.42 Å². The number of Topliss-reactive ketones (excluding diaryl/α,β-unsaturated/α-hetero) is 1. The number of carbonyl (C=O) groups is 1. The summed E-state index contributed by atoms with van der Waals surface area (Å²) in [7, 11) is -3.63. The highest BCUT2D eigenvalue weighted by molar-refractivity contribution is 7.89. The summed E-state index contributed by atoms with van der Waals surface area (Å²) < 4.78 is 21.8. The molecule has 0 unspecified atom stereocenters. The van der Waals surface area contributed by atoms with Gasteiger partial charge in [-0.2, -0.15) is 0 Å². The van der Waals surface area contributed by atoms with Gasteiger partial charge in [-0.15, -0.1) is 0 Å². The third-order valence-corrected chi connectivity index (χ3v) is 4.18. The molecule has 0 saturated heterocycles. The predicted octanol–water partition coefficient (Wildman–Crippen LogP) is 1.39. The van der Waals surface area contributed by atoms with Crippen LogP contribution in [0.2, 0.25) is 0 Å². The lowest BCUT2D eigenvalue weighted by molar-refractivity contribution is -0.116. The van der Waals surface area contributed by atoms with Crippen LogP contribution >= 0.6 is 0 Å². The van der Waals surface area contributed by atoms with E-state index >= 15 is 0 Å². The number of sulfonamides is 1. The van der Waals surface area contributed by atoms with E-state index in [4.69, 9.17) is 5.14 Å². The molecule has 0 amide bonds. The minimum absolute atomic E-state index is 0.0355. The van der Waals surface area contributed by atoms with Crippen LogP contribution in [0.4, 0.5) is 0 Å². The van der Waals surface area contributed by atoms with E-state index in [0.717, 1.165) is 11.1 Å². The summed E-state index contributed by atoms with van der Waals surface area (Å²) >= 11 is 0. The van der Waals surface area contributed by atoms with Crippen LogP contribution in [0.25, 0.3) is 10.9 Å². The van der Waals surface area contributed by atoms with Gasteiger partial charge in [-0.1, -0.05) is 24.3 Å². The number of hydrogen-bond acceptors (Lipinski definition) is 5. The zero-order valence-corrected chi connectivity index (χ0v) is 14.3. The Morgan fingerprint density at radius 1 is 1.12 bits per heavy atom. The van der Waals surface area contributed by atoms with Gasteiger partial charge >= 0.3 is 0 Å². The molecule has 0 fully saturated rings. The van der Waals surface area contributed by atoms with Gasteiger partial charge in [0.15, 0.2) is 0 Å². The molecule has 1 aromatic heterocycles. The average molecular weight is 359 g/mol. The van der Waals surface area contributed by atoms with Crippen molar-refractivity contribution in [2.75, 3.05) is 0 Å². The second kappa shape index (κ2) is 7.82. The minimum atomic E-state index is -3.63. The SMILES string of the molecule is CC(=O)Cc1ccc(S(N)(=O)=O)cc1.O=c1[nH]cnc2ccccc12. The number of primary sulfonamides is 1. The first kappa shape index (κ1) is 18.5. The van der Waals surface area contributed by atoms with Crippen LogP contribution in [0.5, 0.6) is 0 Å². The number of nitrogens with one attached hydrogen (secondary N) is 1. The van der Waals surface area contributed by atoms with E-state index in [1.807, 2.05) is 18.2 Å². The first-order chi connectivity index (χ1) is 11.8. The molecule has 0 aliphatic carbocycles. The summed E-state index contributed by atoms with van der Waals surface area (Å²) in [4.78, 5) is 28.4. The van der Waals surface area contributed by atoms with Crippen molar-refractivity contribution in [1.82, 2.24) is 9.97 Å². The van der Waals surface area contributed by atoms with E-state index < -0.39 is 10.0 Å². The van der Waals surface area contributed by atoms with Gasteiger partial charge in [-0.3, -0.25) is 9.59 Å². The Labute approximate surface area is 144 Å². The Morgan fingerprint density at radius 3 is 2.32 bits per heavy atom. The maximum atomic E-state index is 11.1. The first-order valence-corrected chi connectivity index (χ1v) is 8.85. The third kappa shape index (κ3) is 5.33. The molecule has 0 aliphatic heterocycles. The summed E-state index contributed by atoms with van der Waals surface area (Å²) in [5, 5.41) is 5.55. The number of benzene rings is 2. The number of ketones is 1. The Hall–Kier alpha value is -2.84. The largest absolute Gasteiger partial charge is 0.313 e. The summed E-state index contributed by atoms with van der Waals surface area (Å²) in [5.74, 6) is 0.0355. The molecule has 3 aromatic rings. The minimum Gasteiger partial charge on any atom is -0.313 e. The van der Waals surface area contributed by atoms with E-state index in [0.29, 0.717) is 11.8 Å². The normalized spacial score (nSPS) is 10.8. The van der Waals surface area contributed by atoms with Gasteiger partial charge < -0.3 is 4.98 Å². The second-order valence-electron chi connectivity index (χ2n) is 5.32. The van der Waals surface area contributed by atoms with Crippen LogP contribution in [0, 0.1) is 0 Å². The van der Waals surface area contributed by atoms with Crippen LogP contribution in [-0.2, 0) is 21.2 Å². The number of aromatic amines is 1. The van der Waals surface area contributed by atoms with Gasteiger partial charge in [0.05, 0.1) is 22.1 Å². The quantitative estimate of drug-likeness (QED) is 0.731. The molecule has 3 N–H and O–H groups in total. The number of hydrogen-bond donors (Lipinski definition) is 2. The lowest BCUT2D eigenvalue weighted by Crippen LogP contribution is -2.12. The summed E-state index contributed by atoms with van der Waals surface area (Å²) in [5.41, 5.74) is 1.43. The number of nitrogens with two attached hydrogens (primary N) is 1. The van der Waals surface area contributed by atoms with Crippen molar-refractivity contribution in [2.24, 2.45) is 5.14 Å². The fourth-order valence-electron chi connectivity index (χ4n) is 2.10. The fraction of sp³-hybridized carbons (Fsp3) is 0.118. The Morgan fingerprint density at radius 2 is 1.76 bits per heavy atom. The molecule has 0 spiro atoms. The van der Waals surface area contributed by atoms with Crippen LogP contribution < -0.4 is 10.7 Å². The highest BCUT2D eigenvalue weighted by atomic mass is 32.2. The zero-order chi connectivity index (χ0) is 18.4. The number of carbonyl (C=O) groups excluding carboxylic acids is 1. The Balaban J connectivity index is 0.000000185. The van der Waals surface area contributed by atoms with Crippen molar-refractivity contribution in [3.63, 3.8) is 0 Å². The van der Waals surface area contributed by atoms with Crippen molar-refractivity contribution >= 4 is 26.7 Å². The number of rotatable bonds is 3. The second-order valence-corrected chi connectivity index (χ2v) is 6.88. The van der Waals surface area contributed by atoms with Crippen molar-refractivity contribution in [1.29, 1.82) is 0 Å². The Kier molecular flexibility index (Phi) is 5.79.